The predicted molar refractivity (Wildman–Crippen MR) is 71.1 cm³/mol. The number of methoxy groups -OCH3 is 1. The summed E-state index contributed by atoms with van der Waals surface area (Å²) in [6, 6.07) is 9.91. The van der Waals surface area contributed by atoms with Crippen LogP contribution in [0.25, 0.3) is 10.9 Å². The van der Waals surface area contributed by atoms with E-state index in [1.807, 2.05) is 30.3 Å². The van der Waals surface area contributed by atoms with Crippen molar-refractivity contribution in [3.63, 3.8) is 0 Å². The van der Waals surface area contributed by atoms with E-state index in [2.05, 4.69) is 17.2 Å². The molecule has 2 aromatic rings. The van der Waals surface area contributed by atoms with E-state index in [4.69, 9.17) is 10.5 Å². The third-order valence-corrected chi connectivity index (χ3v) is 2.52. The molecule has 0 aliphatic rings. The molecule has 1 atom stereocenters. The zero-order chi connectivity index (χ0) is 12.3. The van der Waals surface area contributed by atoms with Crippen molar-refractivity contribution in [2.75, 3.05) is 24.8 Å². The van der Waals surface area contributed by atoms with E-state index in [0.717, 1.165) is 22.4 Å². The average Bonchev–Trinajstić information content (AvgIpc) is 2.29. The van der Waals surface area contributed by atoms with E-state index in [-0.39, 0.29) is 6.04 Å². The molecule has 0 saturated heterocycles. The van der Waals surface area contributed by atoms with E-state index in [1.165, 1.54) is 0 Å². The SMILES string of the molecule is COCC(C)Nc1ccc2cc(N)ccc2n1. The van der Waals surface area contributed by atoms with Gasteiger partial charge in [0.2, 0.25) is 0 Å². The first-order valence-electron chi connectivity index (χ1n) is 5.61. The smallest absolute Gasteiger partial charge is 0.126 e. The average molecular weight is 231 g/mol. The van der Waals surface area contributed by atoms with E-state index in [9.17, 15) is 0 Å². The van der Waals surface area contributed by atoms with Gasteiger partial charge in [0.05, 0.1) is 12.1 Å². The predicted octanol–water partition coefficient (Wildman–Crippen LogP) is 2.26. The highest BCUT2D eigenvalue weighted by Gasteiger charge is 2.03. The molecule has 0 aliphatic heterocycles. The number of hydrogen-bond donors (Lipinski definition) is 2. The van der Waals surface area contributed by atoms with Crippen LogP contribution in [0.4, 0.5) is 11.5 Å². The van der Waals surface area contributed by atoms with E-state index >= 15 is 0 Å². The van der Waals surface area contributed by atoms with Crippen LogP contribution in [-0.2, 0) is 4.74 Å². The maximum absolute atomic E-state index is 5.72. The number of benzene rings is 1. The van der Waals surface area contributed by atoms with Gasteiger partial charge < -0.3 is 15.8 Å². The molecule has 2 rings (SSSR count). The van der Waals surface area contributed by atoms with Crippen LogP contribution < -0.4 is 11.1 Å². The van der Waals surface area contributed by atoms with Crippen LogP contribution in [0.2, 0.25) is 0 Å². The van der Waals surface area contributed by atoms with Crippen LogP contribution in [0, 0.1) is 0 Å². The Balaban J connectivity index is 2.23. The van der Waals surface area contributed by atoms with E-state index in [0.29, 0.717) is 6.61 Å². The Kier molecular flexibility index (Phi) is 3.44. The van der Waals surface area contributed by atoms with Gasteiger partial charge in [-0.05, 0) is 37.3 Å². The summed E-state index contributed by atoms with van der Waals surface area (Å²) in [5.74, 6) is 0.854. The highest BCUT2D eigenvalue weighted by atomic mass is 16.5. The van der Waals surface area contributed by atoms with Crippen molar-refractivity contribution in [3.8, 4) is 0 Å². The molecule has 90 valence electrons. The molecular formula is C13H17N3O. The summed E-state index contributed by atoms with van der Waals surface area (Å²) in [4.78, 5) is 4.52. The van der Waals surface area contributed by atoms with Crippen molar-refractivity contribution in [1.82, 2.24) is 4.98 Å². The second kappa shape index (κ2) is 5.01. The van der Waals surface area contributed by atoms with E-state index in [1.54, 1.807) is 7.11 Å². The van der Waals surface area contributed by atoms with Gasteiger partial charge in [0.15, 0.2) is 0 Å². The number of nitrogens with two attached hydrogens (primary N) is 1. The van der Waals surface area contributed by atoms with Crippen molar-refractivity contribution in [1.29, 1.82) is 0 Å². The van der Waals surface area contributed by atoms with Crippen LogP contribution in [-0.4, -0.2) is 24.7 Å². The maximum Gasteiger partial charge on any atom is 0.126 e. The quantitative estimate of drug-likeness (QED) is 0.792. The Morgan fingerprint density at radius 1 is 1.35 bits per heavy atom. The number of pyridine rings is 1. The molecule has 3 N–H and O–H groups in total. The standard InChI is InChI=1S/C13H17N3O/c1-9(8-17-2)15-13-6-3-10-7-11(14)4-5-12(10)16-13/h3-7,9H,8,14H2,1-2H3,(H,15,16). The van der Waals surface area contributed by atoms with Crippen LogP contribution in [0.5, 0.6) is 0 Å². The topological polar surface area (TPSA) is 60.2 Å². The van der Waals surface area contributed by atoms with Gasteiger partial charge >= 0.3 is 0 Å². The third-order valence-electron chi connectivity index (χ3n) is 2.52. The van der Waals surface area contributed by atoms with Crippen molar-refractivity contribution in [3.05, 3.63) is 30.3 Å². The highest BCUT2D eigenvalue weighted by Crippen LogP contribution is 2.18. The molecule has 1 aromatic carbocycles. The largest absolute Gasteiger partial charge is 0.399 e. The molecule has 1 aromatic heterocycles. The highest BCUT2D eigenvalue weighted by molar-refractivity contribution is 5.83. The summed E-state index contributed by atoms with van der Waals surface area (Å²) < 4.78 is 5.07. The summed E-state index contributed by atoms with van der Waals surface area (Å²) in [6.45, 7) is 2.71. The second-order valence-electron chi connectivity index (χ2n) is 4.15. The molecule has 4 nitrogen and oxygen atoms in total. The fourth-order valence-electron chi connectivity index (χ4n) is 1.77. The maximum atomic E-state index is 5.72. The Hall–Kier alpha value is -1.81. The number of anilines is 2. The number of nitrogens with one attached hydrogen (secondary N) is 1. The first kappa shape index (κ1) is 11.7. The molecule has 1 unspecified atom stereocenters. The van der Waals surface area contributed by atoms with Crippen LogP contribution >= 0.6 is 0 Å². The minimum atomic E-state index is 0.235. The Labute approximate surface area is 101 Å². The molecule has 0 spiro atoms. The van der Waals surface area contributed by atoms with Crippen LogP contribution in [0.1, 0.15) is 6.92 Å². The monoisotopic (exact) mass is 231 g/mol. The molecule has 4 heteroatoms. The van der Waals surface area contributed by atoms with Gasteiger partial charge in [0, 0.05) is 24.2 Å². The summed E-state index contributed by atoms with van der Waals surface area (Å²) in [6.07, 6.45) is 0. The number of hydrogen-bond acceptors (Lipinski definition) is 4. The van der Waals surface area contributed by atoms with Gasteiger partial charge in [-0.15, -0.1) is 0 Å². The molecule has 0 fully saturated rings. The number of rotatable bonds is 4. The number of nitrogens with zero attached hydrogens (tertiary/aromatic N) is 1. The summed E-state index contributed by atoms with van der Waals surface area (Å²) in [5.41, 5.74) is 7.42. The molecule has 1 heterocycles. The first-order valence-corrected chi connectivity index (χ1v) is 5.61. The molecule has 17 heavy (non-hydrogen) atoms. The number of aromatic nitrogens is 1. The Bertz CT molecular complexity index is 513. The normalized spacial score (nSPS) is 12.6. The van der Waals surface area contributed by atoms with Gasteiger partial charge in [0.25, 0.3) is 0 Å². The van der Waals surface area contributed by atoms with Gasteiger partial charge in [0.1, 0.15) is 5.82 Å². The van der Waals surface area contributed by atoms with Gasteiger partial charge in [-0.3, -0.25) is 0 Å². The van der Waals surface area contributed by atoms with Crippen LogP contribution in [0.3, 0.4) is 0 Å². The minimum absolute atomic E-state index is 0.235. The Morgan fingerprint density at radius 3 is 2.94 bits per heavy atom. The van der Waals surface area contributed by atoms with Crippen molar-refractivity contribution < 1.29 is 4.74 Å². The van der Waals surface area contributed by atoms with Crippen molar-refractivity contribution in [2.45, 2.75) is 13.0 Å². The molecule has 0 amide bonds. The molecule has 0 saturated carbocycles. The summed E-state index contributed by atoms with van der Waals surface area (Å²) in [5, 5.41) is 4.33. The van der Waals surface area contributed by atoms with Gasteiger partial charge in [-0.25, -0.2) is 4.98 Å². The van der Waals surface area contributed by atoms with Crippen LogP contribution in [0.15, 0.2) is 30.3 Å². The number of fused-ring (bicyclic) bond motifs is 1. The lowest BCUT2D eigenvalue weighted by molar-refractivity contribution is 0.190. The lowest BCUT2D eigenvalue weighted by atomic mass is 10.2. The second-order valence-corrected chi connectivity index (χ2v) is 4.15. The lowest BCUT2D eigenvalue weighted by Gasteiger charge is -2.13. The number of ether oxygens (including phenoxy) is 1. The summed E-state index contributed by atoms with van der Waals surface area (Å²) >= 11 is 0. The van der Waals surface area contributed by atoms with E-state index < -0.39 is 0 Å². The first-order chi connectivity index (χ1) is 8.19. The van der Waals surface area contributed by atoms with Gasteiger partial charge in [-0.2, -0.15) is 0 Å². The minimum Gasteiger partial charge on any atom is -0.399 e. The van der Waals surface area contributed by atoms with Crippen molar-refractivity contribution in [2.24, 2.45) is 0 Å². The molecule has 0 bridgehead atoms. The lowest BCUT2D eigenvalue weighted by Crippen LogP contribution is -2.21. The number of nitrogen functional groups attached to an aromatic ring is 1. The molecule has 0 radical (unpaired) electrons. The molecule has 0 aliphatic carbocycles. The zero-order valence-electron chi connectivity index (χ0n) is 10.1. The van der Waals surface area contributed by atoms with Crippen molar-refractivity contribution >= 4 is 22.4 Å². The third kappa shape index (κ3) is 2.85. The fraction of sp³-hybridized carbons (Fsp3) is 0.308. The Morgan fingerprint density at radius 2 is 2.18 bits per heavy atom. The molecular weight excluding hydrogens is 214 g/mol. The zero-order valence-corrected chi connectivity index (χ0v) is 10.1. The summed E-state index contributed by atoms with van der Waals surface area (Å²) in [7, 11) is 1.69. The fourth-order valence-corrected chi connectivity index (χ4v) is 1.77. The van der Waals surface area contributed by atoms with Gasteiger partial charge in [-0.1, -0.05) is 0 Å².